The zero-order valence-corrected chi connectivity index (χ0v) is 32.8. The Morgan fingerprint density at radius 3 is 1.11 bits per heavy atom. The number of carboxylic acid groups (broad SMARTS) is 2. The van der Waals surface area contributed by atoms with Crippen molar-refractivity contribution in [2.45, 2.75) is 204 Å². The fraction of sp³-hybridized carbons (Fsp3) is 0.919. The standard InChI is InChI=1S/2C12H24O2.C5H9NO.2C4H9.Sn/c2*1-2-3-4-5-6-7-8-9-10-11-12(13)14;1-6-4-2-3-5(6)7;2*1-3-4-2;/h2*2-11H2,1H3,(H,13,14);2-4H2,1H3;2*1,3-4H2,2H3;/q;;;;;+2/p-2. The third-order valence-electron chi connectivity index (χ3n) is 7.69. The van der Waals surface area contributed by atoms with E-state index >= 15 is 0 Å². The maximum Gasteiger partial charge on any atom is 0.222 e. The van der Waals surface area contributed by atoms with Crippen molar-refractivity contribution < 1.29 is 24.6 Å². The molecule has 0 aromatic carbocycles. The second-order valence-electron chi connectivity index (χ2n) is 12.3. The summed E-state index contributed by atoms with van der Waals surface area (Å²) >= 11 is 0.149. The molecule has 0 aliphatic carbocycles. The van der Waals surface area contributed by atoms with Gasteiger partial charge in [0.1, 0.15) is 0 Å². The van der Waals surface area contributed by atoms with Crippen molar-refractivity contribution in [3.05, 3.63) is 0 Å². The SMILES string of the molecule is CCCCCCCCCCCC(=O)[O-].CCCCCCCCCCCC(=O)[O-].CCC[CH2][Sn+2][CH2]CCC.CN1CCCC1=O. The Hall–Kier alpha value is -0.791. The Kier molecular flexibility index (Phi) is 45.7. The Bertz CT molecular complexity index is 564. The molecule has 0 radical (unpaired) electrons. The van der Waals surface area contributed by atoms with Crippen LogP contribution in [0.25, 0.3) is 0 Å². The van der Waals surface area contributed by atoms with Crippen molar-refractivity contribution in [1.82, 2.24) is 4.90 Å². The number of aliphatic carboxylic acids is 2. The molecule has 1 fully saturated rings. The number of nitrogens with zero attached hydrogens (tertiary/aromatic N) is 1. The topological polar surface area (TPSA) is 101 Å². The zero-order chi connectivity index (χ0) is 33.5. The van der Waals surface area contributed by atoms with E-state index in [1.54, 1.807) is 13.8 Å². The van der Waals surface area contributed by atoms with Crippen LogP contribution in [0.4, 0.5) is 0 Å². The second-order valence-corrected chi connectivity index (χ2v) is 16.6. The number of hydrogen-bond acceptors (Lipinski definition) is 5. The fourth-order valence-electron chi connectivity index (χ4n) is 4.67. The number of hydrogen-bond donors (Lipinski definition) is 0. The van der Waals surface area contributed by atoms with Crippen molar-refractivity contribution in [2.75, 3.05) is 13.6 Å². The van der Waals surface area contributed by atoms with E-state index in [0.717, 1.165) is 45.1 Å². The molecule has 6 nitrogen and oxygen atoms in total. The van der Waals surface area contributed by atoms with Crippen LogP contribution in [0, 0.1) is 0 Å². The van der Waals surface area contributed by atoms with Crippen LogP contribution >= 0.6 is 0 Å². The van der Waals surface area contributed by atoms with E-state index in [1.165, 1.54) is 116 Å². The summed E-state index contributed by atoms with van der Waals surface area (Å²) in [6, 6.07) is 0. The predicted octanol–water partition coefficient (Wildman–Crippen LogP) is 8.68. The molecule has 1 heterocycles. The van der Waals surface area contributed by atoms with Gasteiger partial charge in [0.2, 0.25) is 5.91 Å². The van der Waals surface area contributed by atoms with Gasteiger partial charge in [-0.1, -0.05) is 117 Å². The smallest absolute Gasteiger partial charge is 0.222 e. The molecule has 1 rings (SSSR count). The van der Waals surface area contributed by atoms with E-state index in [-0.39, 0.29) is 34.0 Å². The number of unbranched alkanes of at least 4 members (excludes halogenated alkanes) is 18. The van der Waals surface area contributed by atoms with Gasteiger partial charge in [0.15, 0.2) is 0 Å². The predicted molar refractivity (Wildman–Crippen MR) is 186 cm³/mol. The molecule has 1 aliphatic rings. The molecule has 0 bridgehead atoms. The van der Waals surface area contributed by atoms with Crippen molar-refractivity contribution >= 4 is 39.0 Å². The molecular weight excluding hydrogens is 657 g/mol. The molecule has 0 aromatic rings. The van der Waals surface area contributed by atoms with Gasteiger partial charge in [-0.2, -0.15) is 0 Å². The molecule has 1 saturated heterocycles. The quantitative estimate of drug-likeness (QED) is 0.0655. The van der Waals surface area contributed by atoms with E-state index in [4.69, 9.17) is 0 Å². The fourth-order valence-corrected chi connectivity index (χ4v) is 8.83. The molecule has 0 spiro atoms. The van der Waals surface area contributed by atoms with Crippen molar-refractivity contribution in [3.63, 3.8) is 0 Å². The molecule has 1 amide bonds. The number of carbonyl (C=O) groups excluding carboxylic acids is 3. The van der Waals surface area contributed by atoms with E-state index in [0.29, 0.717) is 5.91 Å². The Balaban J connectivity index is -0.000000527. The van der Waals surface area contributed by atoms with Crippen molar-refractivity contribution in [2.24, 2.45) is 0 Å². The normalized spacial score (nSPS) is 11.8. The minimum atomic E-state index is -0.909. The maximum absolute atomic E-state index is 10.5. The molecule has 7 heteroatoms. The largest absolute Gasteiger partial charge is 0.346 e. The van der Waals surface area contributed by atoms with Gasteiger partial charge in [0.05, 0.1) is 0 Å². The first-order valence-corrected chi connectivity index (χ1v) is 22.6. The average molecular weight is 731 g/mol. The molecule has 260 valence electrons. The van der Waals surface area contributed by atoms with Crippen LogP contribution in [0.15, 0.2) is 0 Å². The number of amides is 1. The number of rotatable bonds is 26. The average Bonchev–Trinajstić information content (AvgIpc) is 3.38. The number of carboxylic acids is 2. The summed E-state index contributed by atoms with van der Waals surface area (Å²) in [7, 11) is 1.84. The molecule has 0 saturated carbocycles. The van der Waals surface area contributed by atoms with Gasteiger partial charge in [0.25, 0.3) is 0 Å². The molecule has 44 heavy (non-hydrogen) atoms. The summed E-state index contributed by atoms with van der Waals surface area (Å²) in [6.07, 6.45) is 30.0. The zero-order valence-electron chi connectivity index (χ0n) is 30.0. The van der Waals surface area contributed by atoms with E-state index in [2.05, 4.69) is 27.7 Å². The summed E-state index contributed by atoms with van der Waals surface area (Å²) in [4.78, 5) is 32.5. The van der Waals surface area contributed by atoms with Crippen LogP contribution in [0.1, 0.15) is 195 Å². The summed E-state index contributed by atoms with van der Waals surface area (Å²) < 4.78 is 3.25. The van der Waals surface area contributed by atoms with Crippen LogP contribution in [0.3, 0.4) is 0 Å². The maximum atomic E-state index is 10.5. The minimum absolute atomic E-state index is 0.149. The van der Waals surface area contributed by atoms with Crippen molar-refractivity contribution in [3.8, 4) is 0 Å². The second kappa shape index (κ2) is 42.2. The third-order valence-corrected chi connectivity index (χ3v) is 11.7. The van der Waals surface area contributed by atoms with Gasteiger partial charge >= 0.3 is 69.5 Å². The first-order valence-electron chi connectivity index (χ1n) is 18.6. The number of carbonyl (C=O) groups is 3. The first kappa shape index (κ1) is 47.6. The Morgan fingerprint density at radius 1 is 0.568 bits per heavy atom. The van der Waals surface area contributed by atoms with Gasteiger partial charge < -0.3 is 24.7 Å². The molecule has 0 aromatic heterocycles. The van der Waals surface area contributed by atoms with Crippen LogP contribution in [0.2, 0.25) is 8.87 Å². The van der Waals surface area contributed by atoms with Gasteiger partial charge in [-0.3, -0.25) is 4.79 Å². The van der Waals surface area contributed by atoms with Crippen LogP contribution < -0.4 is 10.2 Å². The minimum Gasteiger partial charge on any atom is -0.346 e. The molecule has 0 atom stereocenters. The molecule has 0 unspecified atom stereocenters. The van der Waals surface area contributed by atoms with Crippen LogP contribution in [-0.4, -0.2) is 57.5 Å². The van der Waals surface area contributed by atoms with E-state index in [1.807, 2.05) is 7.05 Å². The molecule has 1 aliphatic heterocycles. The Labute approximate surface area is 284 Å². The summed E-state index contributed by atoms with van der Waals surface area (Å²) in [5, 5.41) is 20.2. The summed E-state index contributed by atoms with van der Waals surface area (Å²) in [5.74, 6) is -1.53. The van der Waals surface area contributed by atoms with Crippen LogP contribution in [-0.2, 0) is 14.4 Å². The third kappa shape index (κ3) is 48.1. The first-order chi connectivity index (χ1) is 21.3. The monoisotopic (exact) mass is 731 g/mol. The van der Waals surface area contributed by atoms with E-state index < -0.39 is 11.9 Å². The van der Waals surface area contributed by atoms with Crippen molar-refractivity contribution in [1.29, 1.82) is 0 Å². The van der Waals surface area contributed by atoms with Gasteiger partial charge in [0, 0.05) is 32.0 Å². The van der Waals surface area contributed by atoms with Gasteiger partial charge in [-0.05, 0) is 32.1 Å². The van der Waals surface area contributed by atoms with Gasteiger partial charge in [-0.15, -0.1) is 0 Å². The summed E-state index contributed by atoms with van der Waals surface area (Å²) in [6.45, 7) is 9.98. The molecular formula is C37H73NO5Sn. The number of likely N-dealkylation sites (tertiary alicyclic amines) is 1. The summed E-state index contributed by atoms with van der Waals surface area (Å²) in [5.41, 5.74) is 0. The molecule has 0 N–H and O–H groups in total. The Morgan fingerprint density at radius 2 is 0.886 bits per heavy atom. The van der Waals surface area contributed by atoms with E-state index in [9.17, 15) is 24.6 Å². The van der Waals surface area contributed by atoms with Crippen LogP contribution in [0.5, 0.6) is 0 Å². The van der Waals surface area contributed by atoms with Gasteiger partial charge in [-0.25, -0.2) is 0 Å².